The second-order valence-corrected chi connectivity index (χ2v) is 16.6. The fourth-order valence-electron chi connectivity index (χ4n) is 7.71. The number of halogens is 1. The van der Waals surface area contributed by atoms with Gasteiger partial charge in [0, 0.05) is 42.9 Å². The molecule has 4 rings (SSSR count). The fraction of sp³-hybridized carbons (Fsp3) is 0.375. The van der Waals surface area contributed by atoms with Crippen LogP contribution in [0.1, 0.15) is 126 Å². The molecule has 346 valence electrons. The first kappa shape index (κ1) is 51.7. The Balaban J connectivity index is 1.24. The largest absolute Gasteiger partial charge is 0.393 e. The van der Waals surface area contributed by atoms with E-state index in [-0.39, 0.29) is 55.1 Å². The number of carbonyl (C=O) groups excluding carboxylic acids is 3. The van der Waals surface area contributed by atoms with Gasteiger partial charge in [0.15, 0.2) is 0 Å². The number of unbranched alkanes of at least 4 members (excludes halogenated alkanes) is 1. The summed E-state index contributed by atoms with van der Waals surface area (Å²) in [6.45, 7) is 6.78. The van der Waals surface area contributed by atoms with Crippen LogP contribution in [0.4, 0.5) is 10.1 Å². The summed E-state index contributed by atoms with van der Waals surface area (Å²) in [5, 5.41) is 27.9. The lowest BCUT2D eigenvalue weighted by atomic mass is 9.94. The highest BCUT2D eigenvalue weighted by Crippen LogP contribution is 2.42. The van der Waals surface area contributed by atoms with E-state index in [1.165, 1.54) is 12.1 Å². The molecule has 0 radical (unpaired) electrons. The zero-order chi connectivity index (χ0) is 46.7. The SMILES string of the molecule is CC/C=C\C/C=C\C/C=C\C/C=C\C/C=C\CCCC(=O)CCCNC(=O)C[C@H](O)C[C@H](O)CCn1c(-c2ccc(F)cc2)c(-c2ccccc2)c(C(=O)Nc2ccccc2)c1C(C)C. The lowest BCUT2D eigenvalue weighted by molar-refractivity contribution is -0.124. The number of aromatic nitrogens is 1. The van der Waals surface area contributed by atoms with Gasteiger partial charge in [0.05, 0.1) is 29.9 Å². The number of aliphatic hydroxyl groups excluding tert-OH is 2. The van der Waals surface area contributed by atoms with Gasteiger partial charge >= 0.3 is 0 Å². The second-order valence-electron chi connectivity index (χ2n) is 16.6. The number of Topliss-reactive ketones (excluding diaryl/α,β-unsaturated/α-hetero) is 1. The predicted molar refractivity (Wildman–Crippen MR) is 265 cm³/mol. The van der Waals surface area contributed by atoms with Crippen molar-refractivity contribution in [1.29, 1.82) is 0 Å². The summed E-state index contributed by atoms with van der Waals surface area (Å²) in [7, 11) is 0. The molecule has 4 N–H and O–H groups in total. The molecule has 0 saturated heterocycles. The number of allylic oxidation sites excluding steroid dienone is 10. The van der Waals surface area contributed by atoms with Crippen LogP contribution in [-0.2, 0) is 16.1 Å². The minimum Gasteiger partial charge on any atom is -0.393 e. The van der Waals surface area contributed by atoms with E-state index in [1.807, 2.05) is 79.1 Å². The lowest BCUT2D eigenvalue weighted by Crippen LogP contribution is -2.30. The summed E-state index contributed by atoms with van der Waals surface area (Å²) < 4.78 is 16.3. The summed E-state index contributed by atoms with van der Waals surface area (Å²) in [6, 6.07) is 25.0. The number of benzene rings is 3. The zero-order valence-electron chi connectivity index (χ0n) is 38.6. The molecule has 0 aliphatic heterocycles. The number of carbonyl (C=O) groups is 3. The van der Waals surface area contributed by atoms with Gasteiger partial charge in [0.2, 0.25) is 5.91 Å². The number of anilines is 1. The molecule has 8 nitrogen and oxygen atoms in total. The molecule has 2 atom stereocenters. The predicted octanol–water partition coefficient (Wildman–Crippen LogP) is 12.6. The molecule has 0 bridgehead atoms. The first-order valence-electron chi connectivity index (χ1n) is 23.4. The first-order chi connectivity index (χ1) is 31.6. The molecule has 0 spiro atoms. The minimum absolute atomic E-state index is 0.0269. The van der Waals surface area contributed by atoms with E-state index in [0.29, 0.717) is 53.9 Å². The number of amides is 2. The van der Waals surface area contributed by atoms with E-state index < -0.39 is 12.2 Å². The molecule has 3 aromatic carbocycles. The number of hydrogen-bond donors (Lipinski definition) is 4. The summed E-state index contributed by atoms with van der Waals surface area (Å²) in [6.07, 6.45) is 27.5. The number of hydrogen-bond acceptors (Lipinski definition) is 5. The van der Waals surface area contributed by atoms with Crippen LogP contribution in [-0.4, -0.2) is 51.1 Å². The maximum Gasteiger partial charge on any atom is 0.258 e. The van der Waals surface area contributed by atoms with Crippen molar-refractivity contribution in [3.05, 3.63) is 163 Å². The van der Waals surface area contributed by atoms with Gasteiger partial charge in [-0.2, -0.15) is 0 Å². The number of rotatable bonds is 29. The van der Waals surface area contributed by atoms with Gasteiger partial charge in [-0.25, -0.2) is 4.39 Å². The Labute approximate surface area is 386 Å². The molecule has 0 fully saturated rings. The van der Waals surface area contributed by atoms with Crippen molar-refractivity contribution in [1.82, 2.24) is 9.88 Å². The molecule has 9 heteroatoms. The number of ketones is 1. The highest BCUT2D eigenvalue weighted by molar-refractivity contribution is 6.12. The van der Waals surface area contributed by atoms with Gasteiger partial charge in [0.1, 0.15) is 11.6 Å². The molecule has 4 aromatic rings. The average Bonchev–Trinajstić information content (AvgIpc) is 3.64. The van der Waals surface area contributed by atoms with E-state index in [2.05, 4.69) is 78.3 Å². The number of para-hydroxylation sites is 1. The van der Waals surface area contributed by atoms with Crippen molar-refractivity contribution < 1.29 is 29.0 Å². The number of nitrogens with one attached hydrogen (secondary N) is 2. The molecule has 0 aliphatic carbocycles. The van der Waals surface area contributed by atoms with Gasteiger partial charge in [0.25, 0.3) is 5.91 Å². The molecule has 0 saturated carbocycles. The van der Waals surface area contributed by atoms with Crippen LogP contribution in [0, 0.1) is 5.82 Å². The van der Waals surface area contributed by atoms with Crippen LogP contribution in [0.2, 0.25) is 0 Å². The average molecular weight is 884 g/mol. The van der Waals surface area contributed by atoms with Crippen molar-refractivity contribution in [3.63, 3.8) is 0 Å². The van der Waals surface area contributed by atoms with E-state index in [1.54, 1.807) is 12.1 Å². The van der Waals surface area contributed by atoms with Gasteiger partial charge in [-0.15, -0.1) is 0 Å². The number of nitrogens with zero attached hydrogens (tertiary/aromatic N) is 1. The Morgan fingerprint density at radius 1 is 0.692 bits per heavy atom. The normalized spacial score (nSPS) is 13.0. The van der Waals surface area contributed by atoms with Crippen LogP contribution in [0.3, 0.4) is 0 Å². The molecule has 0 unspecified atom stereocenters. The summed E-state index contributed by atoms with van der Waals surface area (Å²) in [5.74, 6) is -0.974. The third-order valence-electron chi connectivity index (χ3n) is 10.9. The molecular weight excluding hydrogens is 814 g/mol. The van der Waals surface area contributed by atoms with Gasteiger partial charge in [-0.05, 0) is 118 Å². The van der Waals surface area contributed by atoms with Crippen LogP contribution in [0.25, 0.3) is 22.4 Å². The highest BCUT2D eigenvalue weighted by atomic mass is 19.1. The molecule has 65 heavy (non-hydrogen) atoms. The topological polar surface area (TPSA) is 121 Å². The minimum atomic E-state index is -1.08. The Morgan fingerprint density at radius 3 is 1.86 bits per heavy atom. The highest BCUT2D eigenvalue weighted by Gasteiger charge is 2.31. The smallest absolute Gasteiger partial charge is 0.258 e. The van der Waals surface area contributed by atoms with E-state index in [0.717, 1.165) is 56.2 Å². The third kappa shape index (κ3) is 18.6. The molecular formula is C56H70FN3O5. The van der Waals surface area contributed by atoms with Gasteiger partial charge in [-0.3, -0.25) is 14.4 Å². The van der Waals surface area contributed by atoms with Crippen LogP contribution >= 0.6 is 0 Å². The van der Waals surface area contributed by atoms with Crippen LogP contribution in [0.5, 0.6) is 0 Å². The Morgan fingerprint density at radius 2 is 1.26 bits per heavy atom. The van der Waals surface area contributed by atoms with E-state index in [9.17, 15) is 29.0 Å². The first-order valence-corrected chi connectivity index (χ1v) is 23.4. The summed E-state index contributed by atoms with van der Waals surface area (Å²) in [4.78, 5) is 39.4. The fourth-order valence-corrected chi connectivity index (χ4v) is 7.71. The zero-order valence-corrected chi connectivity index (χ0v) is 38.6. The molecule has 1 heterocycles. The van der Waals surface area contributed by atoms with Gasteiger partial charge < -0.3 is 25.4 Å². The molecule has 0 aliphatic rings. The quantitative estimate of drug-likeness (QED) is 0.0320. The lowest BCUT2D eigenvalue weighted by Gasteiger charge is -2.20. The summed E-state index contributed by atoms with van der Waals surface area (Å²) in [5.41, 5.74) is 4.83. The van der Waals surface area contributed by atoms with Gasteiger partial charge in [-0.1, -0.05) is 130 Å². The van der Waals surface area contributed by atoms with Crippen LogP contribution in [0.15, 0.2) is 146 Å². The third-order valence-corrected chi connectivity index (χ3v) is 10.9. The van der Waals surface area contributed by atoms with Crippen molar-refractivity contribution in [2.24, 2.45) is 0 Å². The monoisotopic (exact) mass is 884 g/mol. The standard InChI is InChI=1S/C56H70FN3O5/c1-4-5-6-7-8-9-10-11-12-13-14-15-16-17-18-19-26-32-48(61)33-27-39-58-51(64)42-50(63)41-49(62)38-40-60-54(43(2)3)53(56(65)59-47-30-24-21-25-31-47)52(44-28-22-20-23-29-44)55(60)45-34-36-46(57)37-35-45/h5-6,8-9,11-12,14-15,17-18,20-25,28-31,34-37,43,49-50,62-63H,4,7,10,13,16,19,26-27,32-33,38-42H2,1-3H3,(H,58,64)(H,59,65)/b6-5-,9-8-,12-11-,15-14-,18-17-/t49-,50-/m1/s1. The Kier molecular flexibility index (Phi) is 23.5. The Hall–Kier alpha value is -5.90. The van der Waals surface area contributed by atoms with E-state index in [4.69, 9.17) is 0 Å². The van der Waals surface area contributed by atoms with Crippen LogP contribution < -0.4 is 10.6 Å². The van der Waals surface area contributed by atoms with Crippen molar-refractivity contribution in [3.8, 4) is 22.4 Å². The number of aliphatic hydroxyl groups is 2. The summed E-state index contributed by atoms with van der Waals surface area (Å²) >= 11 is 0. The van der Waals surface area contributed by atoms with Crippen molar-refractivity contribution in [2.75, 3.05) is 11.9 Å². The maximum absolute atomic E-state index is 14.3. The van der Waals surface area contributed by atoms with Crippen molar-refractivity contribution >= 4 is 23.3 Å². The molecule has 2 amide bonds. The Bertz CT molecular complexity index is 2190. The van der Waals surface area contributed by atoms with E-state index >= 15 is 0 Å². The van der Waals surface area contributed by atoms with Crippen molar-refractivity contribution in [2.45, 2.75) is 129 Å². The maximum atomic E-state index is 14.3. The second kappa shape index (κ2) is 29.5. The molecule has 1 aromatic heterocycles.